The smallest absolute Gasteiger partial charge is 0.325 e. The fraction of sp³-hybridized carbons (Fsp3) is 0.222. The van der Waals surface area contributed by atoms with Gasteiger partial charge in [-0.3, -0.25) is 14.4 Å². The minimum absolute atomic E-state index is 0.102. The van der Waals surface area contributed by atoms with Crippen LogP contribution in [0.5, 0.6) is 0 Å². The number of pyridine rings is 1. The summed E-state index contributed by atoms with van der Waals surface area (Å²) < 4.78 is 4.81. The summed E-state index contributed by atoms with van der Waals surface area (Å²) in [7, 11) is 0. The summed E-state index contributed by atoms with van der Waals surface area (Å²) in [6.45, 7) is 2.92. The van der Waals surface area contributed by atoms with Crippen LogP contribution in [0.15, 0.2) is 30.5 Å². The van der Waals surface area contributed by atoms with Crippen LogP contribution in [-0.2, 0) is 14.3 Å². The molecule has 142 valence electrons. The Hall–Kier alpha value is -2.64. The minimum atomic E-state index is -0.752. The summed E-state index contributed by atoms with van der Waals surface area (Å²) >= 11 is 11.6. The van der Waals surface area contributed by atoms with E-state index in [9.17, 15) is 14.4 Å². The molecule has 2 amide bonds. The Bertz CT molecular complexity index is 887. The van der Waals surface area contributed by atoms with Crippen LogP contribution in [0, 0.1) is 13.8 Å². The van der Waals surface area contributed by atoms with E-state index in [4.69, 9.17) is 27.9 Å². The molecule has 0 fully saturated rings. The lowest BCUT2D eigenvalue weighted by atomic mass is 10.1. The standard InChI is InChI=1S/C18H17Cl2N3O4/c1-10-3-4-12(5-11(10)2)18(26)22-8-16(25)27-9-15(24)23-17-14(20)6-13(19)7-21-17/h3-7H,8-9H2,1-2H3,(H,22,26)(H,21,23,24). The predicted molar refractivity (Wildman–Crippen MR) is 102 cm³/mol. The number of ether oxygens (including phenoxy) is 1. The van der Waals surface area contributed by atoms with Crippen LogP contribution < -0.4 is 10.6 Å². The minimum Gasteiger partial charge on any atom is -0.454 e. The van der Waals surface area contributed by atoms with Crippen molar-refractivity contribution in [1.29, 1.82) is 0 Å². The highest BCUT2D eigenvalue weighted by Gasteiger charge is 2.13. The van der Waals surface area contributed by atoms with Gasteiger partial charge in [-0.25, -0.2) is 4.98 Å². The van der Waals surface area contributed by atoms with Crippen molar-refractivity contribution < 1.29 is 19.1 Å². The third-order valence-electron chi connectivity index (χ3n) is 3.59. The van der Waals surface area contributed by atoms with E-state index in [-0.39, 0.29) is 17.4 Å². The maximum Gasteiger partial charge on any atom is 0.325 e. The van der Waals surface area contributed by atoms with E-state index in [1.54, 1.807) is 12.1 Å². The number of benzene rings is 1. The van der Waals surface area contributed by atoms with Crippen LogP contribution >= 0.6 is 23.2 Å². The van der Waals surface area contributed by atoms with Gasteiger partial charge in [0.05, 0.1) is 10.0 Å². The molecule has 0 radical (unpaired) electrons. The zero-order valence-electron chi connectivity index (χ0n) is 14.6. The van der Waals surface area contributed by atoms with Gasteiger partial charge in [-0.1, -0.05) is 29.3 Å². The SMILES string of the molecule is Cc1ccc(C(=O)NCC(=O)OCC(=O)Nc2ncc(Cl)cc2Cl)cc1C. The Labute approximate surface area is 166 Å². The molecule has 1 aromatic heterocycles. The summed E-state index contributed by atoms with van der Waals surface area (Å²) in [4.78, 5) is 39.4. The number of hydrogen-bond donors (Lipinski definition) is 2. The Kier molecular flexibility index (Phi) is 7.15. The maximum atomic E-state index is 12.0. The molecule has 0 saturated carbocycles. The molecule has 0 aliphatic carbocycles. The van der Waals surface area contributed by atoms with E-state index in [0.717, 1.165) is 11.1 Å². The van der Waals surface area contributed by atoms with Crippen LogP contribution in [-0.4, -0.2) is 35.9 Å². The van der Waals surface area contributed by atoms with Gasteiger partial charge >= 0.3 is 5.97 Å². The van der Waals surface area contributed by atoms with Crippen molar-refractivity contribution in [3.8, 4) is 0 Å². The van der Waals surface area contributed by atoms with E-state index >= 15 is 0 Å². The molecule has 7 nitrogen and oxygen atoms in total. The largest absolute Gasteiger partial charge is 0.454 e. The number of hydrogen-bond acceptors (Lipinski definition) is 5. The average Bonchev–Trinajstić information content (AvgIpc) is 2.62. The number of aromatic nitrogens is 1. The molecule has 1 aromatic carbocycles. The lowest BCUT2D eigenvalue weighted by Gasteiger charge is -2.09. The quantitative estimate of drug-likeness (QED) is 0.714. The number of carbonyl (C=O) groups excluding carboxylic acids is 3. The predicted octanol–water partition coefficient (Wildman–Crippen LogP) is 2.92. The second-order valence-corrected chi connectivity index (χ2v) is 6.52. The van der Waals surface area contributed by atoms with E-state index in [1.165, 1.54) is 12.3 Å². The van der Waals surface area contributed by atoms with E-state index in [1.807, 2.05) is 19.9 Å². The molecule has 0 bridgehead atoms. The Balaban J connectivity index is 1.77. The lowest BCUT2D eigenvalue weighted by molar-refractivity contribution is -0.146. The highest BCUT2D eigenvalue weighted by atomic mass is 35.5. The van der Waals surface area contributed by atoms with E-state index in [2.05, 4.69) is 15.6 Å². The van der Waals surface area contributed by atoms with Crippen molar-refractivity contribution in [2.24, 2.45) is 0 Å². The third-order valence-corrected chi connectivity index (χ3v) is 4.09. The normalized spacial score (nSPS) is 10.2. The van der Waals surface area contributed by atoms with Gasteiger partial charge in [0.2, 0.25) is 0 Å². The van der Waals surface area contributed by atoms with Gasteiger partial charge in [0, 0.05) is 11.8 Å². The summed E-state index contributed by atoms with van der Waals surface area (Å²) in [5, 5.41) is 5.31. The van der Waals surface area contributed by atoms with Crippen molar-refractivity contribution in [1.82, 2.24) is 10.3 Å². The van der Waals surface area contributed by atoms with Crippen LogP contribution in [0.4, 0.5) is 5.82 Å². The Morgan fingerprint density at radius 2 is 1.85 bits per heavy atom. The van der Waals surface area contributed by atoms with Gasteiger partial charge < -0.3 is 15.4 Å². The molecule has 2 rings (SSSR count). The number of amides is 2. The molecule has 0 saturated heterocycles. The van der Waals surface area contributed by atoms with Gasteiger partial charge in [0.25, 0.3) is 11.8 Å². The first-order valence-electron chi connectivity index (χ1n) is 7.88. The van der Waals surface area contributed by atoms with Crippen molar-refractivity contribution >= 4 is 46.8 Å². The van der Waals surface area contributed by atoms with Crippen LogP contribution in [0.25, 0.3) is 0 Å². The van der Waals surface area contributed by atoms with Crippen molar-refractivity contribution in [3.63, 3.8) is 0 Å². The molecule has 27 heavy (non-hydrogen) atoms. The average molecular weight is 410 g/mol. The second-order valence-electron chi connectivity index (χ2n) is 5.67. The fourth-order valence-electron chi connectivity index (χ4n) is 2.01. The van der Waals surface area contributed by atoms with Gasteiger partial charge in [0.15, 0.2) is 12.4 Å². The molecule has 0 aliphatic heterocycles. The lowest BCUT2D eigenvalue weighted by Crippen LogP contribution is -2.32. The zero-order chi connectivity index (χ0) is 20.0. The molecule has 0 unspecified atom stereocenters. The highest BCUT2D eigenvalue weighted by Crippen LogP contribution is 2.22. The molecule has 1 heterocycles. The molecular formula is C18H17Cl2N3O4. The Morgan fingerprint density at radius 1 is 1.11 bits per heavy atom. The number of carbonyl (C=O) groups is 3. The van der Waals surface area contributed by atoms with Crippen molar-refractivity contribution in [3.05, 3.63) is 57.2 Å². The number of rotatable bonds is 6. The number of halogens is 2. The van der Waals surface area contributed by atoms with Gasteiger partial charge in [-0.05, 0) is 43.2 Å². The number of nitrogens with one attached hydrogen (secondary N) is 2. The first kappa shape index (κ1) is 20.7. The first-order valence-corrected chi connectivity index (χ1v) is 8.64. The molecule has 0 spiro atoms. The molecule has 2 N–H and O–H groups in total. The molecule has 0 atom stereocenters. The number of anilines is 1. The van der Waals surface area contributed by atoms with E-state index < -0.39 is 24.4 Å². The van der Waals surface area contributed by atoms with Gasteiger partial charge in [-0.15, -0.1) is 0 Å². The van der Waals surface area contributed by atoms with Crippen LogP contribution in [0.3, 0.4) is 0 Å². The number of nitrogens with zero attached hydrogens (tertiary/aromatic N) is 1. The van der Waals surface area contributed by atoms with Crippen molar-refractivity contribution in [2.75, 3.05) is 18.5 Å². The second kappa shape index (κ2) is 9.34. The van der Waals surface area contributed by atoms with Gasteiger partial charge in [-0.2, -0.15) is 0 Å². The fourth-order valence-corrected chi connectivity index (χ4v) is 2.44. The first-order chi connectivity index (χ1) is 12.8. The van der Waals surface area contributed by atoms with E-state index in [0.29, 0.717) is 10.6 Å². The summed E-state index contributed by atoms with van der Waals surface area (Å²) in [6.07, 6.45) is 1.32. The Morgan fingerprint density at radius 3 is 2.52 bits per heavy atom. The number of aryl methyl sites for hydroxylation is 2. The summed E-state index contributed by atoms with van der Waals surface area (Å²) in [5.41, 5.74) is 2.47. The molecule has 0 aliphatic rings. The van der Waals surface area contributed by atoms with Gasteiger partial charge in [0.1, 0.15) is 6.54 Å². The molecule has 9 heteroatoms. The summed E-state index contributed by atoms with van der Waals surface area (Å²) in [6, 6.07) is 6.63. The van der Waals surface area contributed by atoms with Crippen molar-refractivity contribution in [2.45, 2.75) is 13.8 Å². The van der Waals surface area contributed by atoms with Crippen LogP contribution in [0.2, 0.25) is 10.0 Å². The maximum absolute atomic E-state index is 12.0. The molecular weight excluding hydrogens is 393 g/mol. The zero-order valence-corrected chi connectivity index (χ0v) is 16.1. The highest BCUT2D eigenvalue weighted by molar-refractivity contribution is 6.36. The summed E-state index contributed by atoms with van der Waals surface area (Å²) in [5.74, 6) is -1.68. The third kappa shape index (κ3) is 6.23. The topological polar surface area (TPSA) is 97.4 Å². The van der Waals surface area contributed by atoms with Crippen LogP contribution in [0.1, 0.15) is 21.5 Å². The number of esters is 1. The molecule has 2 aromatic rings. The monoisotopic (exact) mass is 409 g/mol.